The van der Waals surface area contributed by atoms with Crippen LogP contribution in [-0.4, -0.2) is 51.0 Å². The Kier molecular flexibility index (Phi) is 5.80. The van der Waals surface area contributed by atoms with E-state index in [0.29, 0.717) is 11.5 Å². The van der Waals surface area contributed by atoms with E-state index in [2.05, 4.69) is 15.3 Å². The van der Waals surface area contributed by atoms with Gasteiger partial charge in [-0.2, -0.15) is 0 Å². The first-order valence-electron chi connectivity index (χ1n) is 8.87. The monoisotopic (exact) mass is 366 g/mol. The maximum atomic E-state index is 11.4. The van der Waals surface area contributed by atoms with Crippen LogP contribution < -0.4 is 5.32 Å². The predicted molar refractivity (Wildman–Crippen MR) is 103 cm³/mol. The average Bonchev–Trinajstić information content (AvgIpc) is 2.67. The number of piperidine rings is 1. The van der Waals surface area contributed by atoms with Gasteiger partial charge in [-0.05, 0) is 30.5 Å². The third-order valence-corrected chi connectivity index (χ3v) is 4.53. The fourth-order valence-corrected chi connectivity index (χ4v) is 3.09. The molecule has 1 aromatic carbocycles. The van der Waals surface area contributed by atoms with Crippen molar-refractivity contribution in [1.29, 1.82) is 0 Å². The zero-order valence-corrected chi connectivity index (χ0v) is 15.1. The van der Waals surface area contributed by atoms with Gasteiger partial charge in [-0.15, -0.1) is 0 Å². The minimum atomic E-state index is -0.984. The Morgan fingerprint density at radius 1 is 1.26 bits per heavy atom. The van der Waals surface area contributed by atoms with Gasteiger partial charge in [-0.25, -0.2) is 9.78 Å². The summed E-state index contributed by atoms with van der Waals surface area (Å²) in [6, 6.07) is 7.74. The Hall–Kier alpha value is -3.22. The molecule has 0 radical (unpaired) electrons. The molecule has 1 aliphatic heterocycles. The first-order chi connectivity index (χ1) is 13.0. The van der Waals surface area contributed by atoms with Crippen molar-refractivity contribution in [2.45, 2.75) is 25.8 Å². The Balaban J connectivity index is 1.70. The van der Waals surface area contributed by atoms with Gasteiger partial charge in [-0.3, -0.25) is 9.78 Å². The lowest BCUT2D eigenvalue weighted by atomic mass is 10.1. The number of carboxylic acid groups (broad SMARTS) is 1. The number of nitrogens with one attached hydrogen (secondary N) is 1. The third-order valence-electron chi connectivity index (χ3n) is 4.53. The molecule has 1 aliphatic rings. The van der Waals surface area contributed by atoms with E-state index in [9.17, 15) is 9.59 Å². The maximum absolute atomic E-state index is 11.4. The quantitative estimate of drug-likeness (QED) is 0.790. The molecule has 0 spiro atoms. The minimum absolute atomic E-state index is 0.118. The highest BCUT2D eigenvalue weighted by Gasteiger charge is 2.20. The molecule has 1 amide bonds. The summed E-state index contributed by atoms with van der Waals surface area (Å²) in [5.74, 6) is -0.172. The number of carboxylic acids is 1. The lowest BCUT2D eigenvalue weighted by molar-refractivity contribution is -0.131. The summed E-state index contributed by atoms with van der Waals surface area (Å²) < 4.78 is 0. The summed E-state index contributed by atoms with van der Waals surface area (Å²) in [4.78, 5) is 32.9. The predicted octanol–water partition coefficient (Wildman–Crippen LogP) is 2.66. The molecule has 27 heavy (non-hydrogen) atoms. The summed E-state index contributed by atoms with van der Waals surface area (Å²) in [7, 11) is 0. The van der Waals surface area contributed by atoms with Gasteiger partial charge >= 0.3 is 5.97 Å². The van der Waals surface area contributed by atoms with E-state index >= 15 is 0 Å². The first kappa shape index (κ1) is 18.6. The molecule has 0 bridgehead atoms. The van der Waals surface area contributed by atoms with E-state index in [4.69, 9.17) is 5.11 Å². The van der Waals surface area contributed by atoms with Crippen molar-refractivity contribution in [2.75, 3.05) is 18.4 Å². The molecular formula is C20H22N4O3. The molecule has 2 N–H and O–H groups in total. The number of benzene rings is 1. The van der Waals surface area contributed by atoms with Crippen LogP contribution in [0.3, 0.4) is 0 Å². The molecule has 0 saturated carbocycles. The van der Waals surface area contributed by atoms with Crippen LogP contribution in [0.2, 0.25) is 0 Å². The molecule has 7 nitrogen and oxygen atoms in total. The number of aromatic nitrogens is 2. The fraction of sp³-hybridized carbons (Fsp3) is 0.300. The number of hydrogen-bond donors (Lipinski definition) is 2. The molecular weight excluding hydrogens is 344 g/mol. The highest BCUT2D eigenvalue weighted by molar-refractivity contribution is 5.85. The van der Waals surface area contributed by atoms with Gasteiger partial charge in [0.15, 0.2) is 0 Å². The zero-order valence-electron chi connectivity index (χ0n) is 15.1. The summed E-state index contributed by atoms with van der Waals surface area (Å²) in [6.45, 7) is 3.10. The van der Waals surface area contributed by atoms with Gasteiger partial charge in [0.05, 0.1) is 18.1 Å². The van der Waals surface area contributed by atoms with Crippen LogP contribution in [0.1, 0.15) is 25.3 Å². The SMILES string of the molecule is CC(=O)N1CCC(Nc2cncc(-c3cccc(C=CC(=O)O)c3)n2)CC1. The standard InChI is InChI=1S/C20H22N4O3/c1-14(25)24-9-7-17(8-10-24)22-19-13-21-12-18(23-19)16-4-2-3-15(11-16)5-6-20(26)27/h2-6,11-13,17H,7-10H2,1H3,(H,22,23)(H,26,27). The summed E-state index contributed by atoms with van der Waals surface area (Å²) in [5.41, 5.74) is 2.36. The van der Waals surface area contributed by atoms with E-state index in [1.54, 1.807) is 25.4 Å². The van der Waals surface area contributed by atoms with Crippen LogP contribution in [-0.2, 0) is 9.59 Å². The van der Waals surface area contributed by atoms with Crippen molar-refractivity contribution < 1.29 is 14.7 Å². The Bertz CT molecular complexity index is 858. The number of carbonyl (C=O) groups excluding carboxylic acids is 1. The van der Waals surface area contributed by atoms with E-state index < -0.39 is 5.97 Å². The van der Waals surface area contributed by atoms with Crippen LogP contribution in [0, 0.1) is 0 Å². The number of rotatable bonds is 5. The van der Waals surface area contributed by atoms with Crippen LogP contribution in [0.25, 0.3) is 17.3 Å². The lowest BCUT2D eigenvalue weighted by Crippen LogP contribution is -2.41. The van der Waals surface area contributed by atoms with E-state index in [0.717, 1.165) is 43.1 Å². The highest BCUT2D eigenvalue weighted by atomic mass is 16.4. The second kappa shape index (κ2) is 8.44. The minimum Gasteiger partial charge on any atom is -0.478 e. The van der Waals surface area contributed by atoms with Crippen molar-refractivity contribution in [3.63, 3.8) is 0 Å². The van der Waals surface area contributed by atoms with Crippen LogP contribution in [0.15, 0.2) is 42.7 Å². The van der Waals surface area contributed by atoms with Crippen molar-refractivity contribution in [3.8, 4) is 11.3 Å². The molecule has 140 valence electrons. The molecule has 7 heteroatoms. The fourth-order valence-electron chi connectivity index (χ4n) is 3.09. The molecule has 0 atom stereocenters. The van der Waals surface area contributed by atoms with E-state index in [1.807, 2.05) is 29.2 Å². The van der Waals surface area contributed by atoms with E-state index in [-0.39, 0.29) is 11.9 Å². The van der Waals surface area contributed by atoms with Gasteiger partial charge in [-0.1, -0.05) is 18.2 Å². The van der Waals surface area contributed by atoms with Crippen LogP contribution in [0.4, 0.5) is 5.82 Å². The molecule has 2 aromatic rings. The summed E-state index contributed by atoms with van der Waals surface area (Å²) in [5, 5.41) is 12.2. The van der Waals surface area contributed by atoms with Crippen molar-refractivity contribution in [1.82, 2.24) is 14.9 Å². The topological polar surface area (TPSA) is 95.4 Å². The Labute approximate surface area is 157 Å². The summed E-state index contributed by atoms with van der Waals surface area (Å²) >= 11 is 0. The highest BCUT2D eigenvalue weighted by Crippen LogP contribution is 2.21. The van der Waals surface area contributed by atoms with Crippen LogP contribution in [0.5, 0.6) is 0 Å². The maximum Gasteiger partial charge on any atom is 0.328 e. The normalized spacial score (nSPS) is 15.1. The number of anilines is 1. The number of carbonyl (C=O) groups is 2. The van der Waals surface area contributed by atoms with E-state index in [1.165, 1.54) is 0 Å². The second-order valence-electron chi connectivity index (χ2n) is 6.51. The largest absolute Gasteiger partial charge is 0.478 e. The molecule has 0 aliphatic carbocycles. The third kappa shape index (κ3) is 5.13. The average molecular weight is 366 g/mol. The van der Waals surface area contributed by atoms with Gasteiger partial charge in [0, 0.05) is 37.7 Å². The Morgan fingerprint density at radius 2 is 2.04 bits per heavy atom. The van der Waals surface area contributed by atoms with Gasteiger partial charge < -0.3 is 15.3 Å². The number of nitrogens with zero attached hydrogens (tertiary/aromatic N) is 3. The van der Waals surface area contributed by atoms with Gasteiger partial charge in [0.2, 0.25) is 5.91 Å². The van der Waals surface area contributed by atoms with Crippen LogP contribution >= 0.6 is 0 Å². The van der Waals surface area contributed by atoms with Crippen molar-refractivity contribution in [3.05, 3.63) is 48.3 Å². The molecule has 2 heterocycles. The first-order valence-corrected chi connectivity index (χ1v) is 8.87. The molecule has 0 unspecified atom stereocenters. The Morgan fingerprint density at radius 3 is 2.74 bits per heavy atom. The molecule has 1 saturated heterocycles. The second-order valence-corrected chi connectivity index (χ2v) is 6.51. The smallest absolute Gasteiger partial charge is 0.328 e. The number of aliphatic carboxylic acids is 1. The molecule has 1 fully saturated rings. The van der Waals surface area contributed by atoms with Crippen molar-refractivity contribution in [2.24, 2.45) is 0 Å². The van der Waals surface area contributed by atoms with Gasteiger partial charge in [0.25, 0.3) is 0 Å². The number of likely N-dealkylation sites (tertiary alicyclic amines) is 1. The number of hydrogen-bond acceptors (Lipinski definition) is 5. The molecule has 1 aromatic heterocycles. The number of amides is 1. The van der Waals surface area contributed by atoms with Gasteiger partial charge in [0.1, 0.15) is 5.82 Å². The molecule has 3 rings (SSSR count). The lowest BCUT2D eigenvalue weighted by Gasteiger charge is -2.31. The zero-order chi connectivity index (χ0) is 19.2. The summed E-state index contributed by atoms with van der Waals surface area (Å²) in [6.07, 6.45) is 7.78. The van der Waals surface area contributed by atoms with Crippen molar-refractivity contribution >= 4 is 23.8 Å².